The van der Waals surface area contributed by atoms with E-state index in [9.17, 15) is 4.39 Å². The van der Waals surface area contributed by atoms with E-state index in [1.165, 1.54) is 12.3 Å². The lowest BCUT2D eigenvalue weighted by Crippen LogP contribution is -2.30. The van der Waals surface area contributed by atoms with E-state index in [1.807, 2.05) is 0 Å². The van der Waals surface area contributed by atoms with Crippen molar-refractivity contribution in [2.24, 2.45) is 0 Å². The minimum Gasteiger partial charge on any atom is -0.309 e. The lowest BCUT2D eigenvalue weighted by molar-refractivity contribution is 0.265. The van der Waals surface area contributed by atoms with E-state index < -0.39 is 5.95 Å². The summed E-state index contributed by atoms with van der Waals surface area (Å²) in [4.78, 5) is 5.83. The van der Waals surface area contributed by atoms with Gasteiger partial charge in [0, 0.05) is 24.8 Å². The summed E-state index contributed by atoms with van der Waals surface area (Å²) in [5.41, 5.74) is 0.801. The van der Waals surface area contributed by atoms with Gasteiger partial charge in [0.05, 0.1) is 6.54 Å². The molecule has 0 bridgehead atoms. The van der Waals surface area contributed by atoms with Crippen molar-refractivity contribution in [1.82, 2.24) is 24.6 Å². The Morgan fingerprint density at radius 3 is 2.88 bits per heavy atom. The van der Waals surface area contributed by atoms with Gasteiger partial charge < -0.3 is 4.57 Å². The number of hydrogen-bond donors (Lipinski definition) is 0. The monoisotopic (exact) mass is 233 g/mol. The molecule has 0 saturated heterocycles. The number of nitrogens with zero attached hydrogens (tertiary/aromatic N) is 5. The quantitative estimate of drug-likeness (QED) is 0.687. The average Bonchev–Trinajstić information content (AvgIpc) is 2.73. The smallest absolute Gasteiger partial charge is 0.212 e. The van der Waals surface area contributed by atoms with Crippen molar-refractivity contribution in [3.63, 3.8) is 0 Å². The van der Waals surface area contributed by atoms with Crippen molar-refractivity contribution < 1.29 is 4.39 Å². The molecule has 1 aliphatic rings. The molecule has 6 heteroatoms. The first-order chi connectivity index (χ1) is 8.24. The number of hydrogen-bond acceptors (Lipinski definition) is 4. The first kappa shape index (κ1) is 10.3. The first-order valence-electron chi connectivity index (χ1n) is 5.46. The number of likely N-dealkylation sites (N-methyl/N-ethyl adjacent to an activating group) is 1. The fourth-order valence-corrected chi connectivity index (χ4v) is 2.00. The SMILES string of the molecule is CN1CCn2c(nnc2-c2ccc(F)nc2)C1. The van der Waals surface area contributed by atoms with Gasteiger partial charge in [-0.15, -0.1) is 10.2 Å². The summed E-state index contributed by atoms with van der Waals surface area (Å²) >= 11 is 0. The fourth-order valence-electron chi connectivity index (χ4n) is 2.00. The van der Waals surface area contributed by atoms with Gasteiger partial charge in [-0.25, -0.2) is 4.98 Å². The second kappa shape index (κ2) is 3.89. The van der Waals surface area contributed by atoms with Gasteiger partial charge in [0.25, 0.3) is 0 Å². The van der Waals surface area contributed by atoms with Crippen molar-refractivity contribution in [3.05, 3.63) is 30.1 Å². The standard InChI is InChI=1S/C11H12FN5/c1-16-4-5-17-10(7-16)14-15-11(17)8-2-3-9(12)13-6-8/h2-3,6H,4-5,7H2,1H3. The molecule has 3 rings (SSSR count). The van der Waals surface area contributed by atoms with Crippen LogP contribution in [0.4, 0.5) is 4.39 Å². The third-order valence-electron chi connectivity index (χ3n) is 2.93. The number of fused-ring (bicyclic) bond motifs is 1. The van der Waals surface area contributed by atoms with Crippen LogP contribution < -0.4 is 0 Å². The van der Waals surface area contributed by atoms with Gasteiger partial charge >= 0.3 is 0 Å². The second-order valence-corrected chi connectivity index (χ2v) is 4.20. The summed E-state index contributed by atoms with van der Waals surface area (Å²) in [6.07, 6.45) is 1.49. The summed E-state index contributed by atoms with van der Waals surface area (Å²) in [5.74, 6) is 1.23. The Morgan fingerprint density at radius 1 is 1.24 bits per heavy atom. The largest absolute Gasteiger partial charge is 0.309 e. The predicted octanol–water partition coefficient (Wildman–Crippen LogP) is 0.925. The van der Waals surface area contributed by atoms with Gasteiger partial charge in [-0.1, -0.05) is 0 Å². The molecule has 3 heterocycles. The molecule has 0 fully saturated rings. The van der Waals surface area contributed by atoms with E-state index >= 15 is 0 Å². The molecule has 5 nitrogen and oxygen atoms in total. The zero-order valence-corrected chi connectivity index (χ0v) is 9.47. The van der Waals surface area contributed by atoms with Gasteiger partial charge in [0.1, 0.15) is 5.82 Å². The Bertz CT molecular complexity index is 533. The second-order valence-electron chi connectivity index (χ2n) is 4.20. The molecule has 0 aromatic carbocycles. The van der Waals surface area contributed by atoms with Crippen LogP contribution in [0.15, 0.2) is 18.3 Å². The van der Waals surface area contributed by atoms with E-state index in [0.717, 1.165) is 36.8 Å². The third kappa shape index (κ3) is 1.80. The Labute approximate surface area is 97.9 Å². The molecule has 17 heavy (non-hydrogen) atoms. The summed E-state index contributed by atoms with van der Waals surface area (Å²) in [6.45, 7) is 2.61. The summed E-state index contributed by atoms with van der Waals surface area (Å²) in [7, 11) is 2.05. The minimum absolute atomic E-state index is 0.480. The van der Waals surface area contributed by atoms with Crippen LogP contribution in [0.5, 0.6) is 0 Å². The van der Waals surface area contributed by atoms with E-state index in [1.54, 1.807) is 6.07 Å². The summed E-state index contributed by atoms with van der Waals surface area (Å²) in [5, 5.41) is 8.31. The topological polar surface area (TPSA) is 46.8 Å². The van der Waals surface area contributed by atoms with Crippen LogP contribution in [0.25, 0.3) is 11.4 Å². The van der Waals surface area contributed by atoms with Crippen LogP contribution in [0.1, 0.15) is 5.82 Å². The highest BCUT2D eigenvalue weighted by atomic mass is 19.1. The Morgan fingerprint density at radius 2 is 2.12 bits per heavy atom. The molecule has 2 aromatic heterocycles. The molecular weight excluding hydrogens is 221 g/mol. The molecule has 0 spiro atoms. The Kier molecular flexibility index (Phi) is 2.36. The molecule has 0 unspecified atom stereocenters. The molecule has 0 amide bonds. The zero-order chi connectivity index (χ0) is 11.8. The lowest BCUT2D eigenvalue weighted by atomic mass is 10.2. The molecular formula is C11H12FN5. The lowest BCUT2D eigenvalue weighted by Gasteiger charge is -2.23. The molecule has 0 saturated carbocycles. The summed E-state index contributed by atoms with van der Waals surface area (Å²) < 4.78 is 14.8. The predicted molar refractivity (Wildman–Crippen MR) is 59.5 cm³/mol. The van der Waals surface area contributed by atoms with Gasteiger partial charge in [-0.3, -0.25) is 4.90 Å². The Hall–Kier alpha value is -1.82. The van der Waals surface area contributed by atoms with E-state index in [-0.39, 0.29) is 0 Å². The normalized spacial score (nSPS) is 15.9. The van der Waals surface area contributed by atoms with Crippen molar-refractivity contribution >= 4 is 0 Å². The maximum atomic E-state index is 12.8. The van der Waals surface area contributed by atoms with Crippen molar-refractivity contribution in [1.29, 1.82) is 0 Å². The average molecular weight is 233 g/mol. The molecule has 0 N–H and O–H groups in total. The van der Waals surface area contributed by atoms with Crippen LogP contribution in [0.2, 0.25) is 0 Å². The molecule has 1 aliphatic heterocycles. The van der Waals surface area contributed by atoms with Crippen LogP contribution in [0, 0.1) is 5.95 Å². The van der Waals surface area contributed by atoms with Gasteiger partial charge in [-0.05, 0) is 19.2 Å². The van der Waals surface area contributed by atoms with Crippen molar-refractivity contribution in [3.8, 4) is 11.4 Å². The maximum absolute atomic E-state index is 12.8. The Balaban J connectivity index is 2.02. The number of pyridine rings is 1. The van der Waals surface area contributed by atoms with Gasteiger partial charge in [0.2, 0.25) is 5.95 Å². The van der Waals surface area contributed by atoms with Crippen molar-refractivity contribution in [2.45, 2.75) is 13.1 Å². The molecule has 0 aliphatic carbocycles. The third-order valence-corrected chi connectivity index (χ3v) is 2.93. The number of rotatable bonds is 1. The molecule has 88 valence electrons. The highest BCUT2D eigenvalue weighted by molar-refractivity contribution is 5.53. The maximum Gasteiger partial charge on any atom is 0.212 e. The van der Waals surface area contributed by atoms with Crippen LogP contribution >= 0.6 is 0 Å². The van der Waals surface area contributed by atoms with Gasteiger partial charge in [-0.2, -0.15) is 4.39 Å². The number of halogens is 1. The number of aromatic nitrogens is 4. The van der Waals surface area contributed by atoms with Crippen molar-refractivity contribution in [2.75, 3.05) is 13.6 Å². The zero-order valence-electron chi connectivity index (χ0n) is 9.47. The highest BCUT2D eigenvalue weighted by Gasteiger charge is 2.19. The van der Waals surface area contributed by atoms with E-state index in [2.05, 4.69) is 31.7 Å². The van der Waals surface area contributed by atoms with Gasteiger partial charge in [0.15, 0.2) is 5.82 Å². The minimum atomic E-state index is -0.480. The molecule has 2 aromatic rings. The fraction of sp³-hybridized carbons (Fsp3) is 0.364. The molecule has 0 radical (unpaired) electrons. The van der Waals surface area contributed by atoms with Crippen LogP contribution in [-0.2, 0) is 13.1 Å². The van der Waals surface area contributed by atoms with Crippen LogP contribution in [0.3, 0.4) is 0 Å². The van der Waals surface area contributed by atoms with Crippen LogP contribution in [-0.4, -0.2) is 38.2 Å². The van der Waals surface area contributed by atoms with E-state index in [4.69, 9.17) is 0 Å². The summed E-state index contributed by atoms with van der Waals surface area (Å²) in [6, 6.07) is 3.02. The highest BCUT2D eigenvalue weighted by Crippen LogP contribution is 2.20. The van der Waals surface area contributed by atoms with E-state index in [0.29, 0.717) is 0 Å². The first-order valence-corrected chi connectivity index (χ1v) is 5.46. The molecule has 0 atom stereocenters.